The Kier molecular flexibility index (Phi) is 6.25. The fourth-order valence-corrected chi connectivity index (χ4v) is 2.03. The second-order valence-corrected chi connectivity index (χ2v) is 4.93. The molecule has 2 rings (SSSR count). The van der Waals surface area contributed by atoms with E-state index in [1.165, 1.54) is 11.1 Å². The molecule has 0 spiro atoms. The number of hydrogen-bond acceptors (Lipinski definition) is 3. The molecular weight excluding hydrogens is 264 g/mol. The van der Waals surface area contributed by atoms with Gasteiger partial charge in [-0.2, -0.15) is 0 Å². The standard InChI is InChI=1S/C18H22O3/c1-2-20-13-17(19)14-21-18-10-8-16(9-11-18)12-15-6-4-3-5-7-15/h3-11,17,19H,2,12-14H2,1H3. The van der Waals surface area contributed by atoms with E-state index in [1.807, 2.05) is 37.3 Å². The normalized spacial score (nSPS) is 12.1. The number of rotatable bonds is 8. The van der Waals surface area contributed by atoms with Gasteiger partial charge in [0.15, 0.2) is 0 Å². The van der Waals surface area contributed by atoms with Crippen molar-refractivity contribution in [3.63, 3.8) is 0 Å². The van der Waals surface area contributed by atoms with Gasteiger partial charge in [0.25, 0.3) is 0 Å². The molecule has 3 nitrogen and oxygen atoms in total. The molecule has 0 bridgehead atoms. The maximum absolute atomic E-state index is 9.64. The smallest absolute Gasteiger partial charge is 0.119 e. The van der Waals surface area contributed by atoms with Crippen LogP contribution in [0.4, 0.5) is 0 Å². The van der Waals surface area contributed by atoms with Gasteiger partial charge in [-0.05, 0) is 36.6 Å². The lowest BCUT2D eigenvalue weighted by atomic mass is 10.1. The summed E-state index contributed by atoms with van der Waals surface area (Å²) in [6.45, 7) is 3.06. The molecule has 2 aromatic rings. The van der Waals surface area contributed by atoms with Crippen molar-refractivity contribution in [3.8, 4) is 5.75 Å². The van der Waals surface area contributed by atoms with E-state index in [2.05, 4.69) is 24.3 Å². The molecule has 1 unspecified atom stereocenters. The number of benzene rings is 2. The summed E-state index contributed by atoms with van der Waals surface area (Å²) in [5, 5.41) is 9.64. The highest BCUT2D eigenvalue weighted by molar-refractivity contribution is 5.31. The van der Waals surface area contributed by atoms with Crippen molar-refractivity contribution in [2.45, 2.75) is 19.4 Å². The predicted octanol–water partition coefficient (Wildman–Crippen LogP) is 3.05. The maximum atomic E-state index is 9.64. The summed E-state index contributed by atoms with van der Waals surface area (Å²) in [5.74, 6) is 0.766. The lowest BCUT2D eigenvalue weighted by Gasteiger charge is -2.12. The molecule has 21 heavy (non-hydrogen) atoms. The van der Waals surface area contributed by atoms with Crippen molar-refractivity contribution >= 4 is 0 Å². The molecule has 2 aromatic carbocycles. The van der Waals surface area contributed by atoms with Crippen LogP contribution in [0.2, 0.25) is 0 Å². The molecule has 0 aromatic heterocycles. The van der Waals surface area contributed by atoms with Gasteiger partial charge in [0.2, 0.25) is 0 Å². The van der Waals surface area contributed by atoms with E-state index >= 15 is 0 Å². The second-order valence-electron chi connectivity index (χ2n) is 4.93. The molecule has 0 amide bonds. The first-order valence-corrected chi connectivity index (χ1v) is 7.29. The van der Waals surface area contributed by atoms with E-state index in [4.69, 9.17) is 9.47 Å². The van der Waals surface area contributed by atoms with Crippen molar-refractivity contribution in [2.75, 3.05) is 19.8 Å². The highest BCUT2D eigenvalue weighted by Crippen LogP contribution is 2.15. The topological polar surface area (TPSA) is 38.7 Å². The molecule has 1 atom stereocenters. The molecule has 0 saturated heterocycles. The van der Waals surface area contributed by atoms with Gasteiger partial charge in [-0.3, -0.25) is 0 Å². The van der Waals surface area contributed by atoms with Crippen LogP contribution in [0, 0.1) is 0 Å². The summed E-state index contributed by atoms with van der Waals surface area (Å²) < 4.78 is 10.7. The fraction of sp³-hybridized carbons (Fsp3) is 0.333. The largest absolute Gasteiger partial charge is 0.491 e. The summed E-state index contributed by atoms with van der Waals surface area (Å²) in [7, 11) is 0. The van der Waals surface area contributed by atoms with Crippen LogP contribution < -0.4 is 4.74 Å². The zero-order chi connectivity index (χ0) is 14.9. The van der Waals surface area contributed by atoms with Crippen LogP contribution in [0.3, 0.4) is 0 Å². The van der Waals surface area contributed by atoms with Crippen molar-refractivity contribution in [1.29, 1.82) is 0 Å². The molecule has 0 radical (unpaired) electrons. The van der Waals surface area contributed by atoms with E-state index in [0.717, 1.165) is 12.2 Å². The third kappa shape index (κ3) is 5.58. The summed E-state index contributed by atoms with van der Waals surface area (Å²) >= 11 is 0. The minimum atomic E-state index is -0.589. The van der Waals surface area contributed by atoms with Crippen molar-refractivity contribution in [1.82, 2.24) is 0 Å². The fourth-order valence-electron chi connectivity index (χ4n) is 2.03. The van der Waals surface area contributed by atoms with Crippen molar-refractivity contribution < 1.29 is 14.6 Å². The molecule has 0 aliphatic carbocycles. The van der Waals surface area contributed by atoms with Gasteiger partial charge < -0.3 is 14.6 Å². The molecule has 0 aliphatic rings. The van der Waals surface area contributed by atoms with Crippen LogP contribution in [0.1, 0.15) is 18.1 Å². The Balaban J connectivity index is 1.82. The van der Waals surface area contributed by atoms with E-state index in [9.17, 15) is 5.11 Å². The lowest BCUT2D eigenvalue weighted by Crippen LogP contribution is -2.23. The quantitative estimate of drug-likeness (QED) is 0.810. The van der Waals surface area contributed by atoms with E-state index in [1.54, 1.807) is 0 Å². The first-order valence-electron chi connectivity index (χ1n) is 7.29. The zero-order valence-electron chi connectivity index (χ0n) is 12.4. The molecule has 0 saturated carbocycles. The number of ether oxygens (including phenoxy) is 2. The van der Waals surface area contributed by atoms with E-state index in [0.29, 0.717) is 13.2 Å². The molecular formula is C18H22O3. The van der Waals surface area contributed by atoms with Crippen LogP contribution >= 0.6 is 0 Å². The van der Waals surface area contributed by atoms with E-state index < -0.39 is 6.10 Å². The molecule has 0 aliphatic heterocycles. The monoisotopic (exact) mass is 286 g/mol. The van der Waals surface area contributed by atoms with E-state index in [-0.39, 0.29) is 6.61 Å². The molecule has 0 heterocycles. The SMILES string of the molecule is CCOCC(O)COc1ccc(Cc2ccccc2)cc1. The van der Waals surface area contributed by atoms with Crippen LogP contribution in [-0.4, -0.2) is 31.0 Å². The Bertz CT molecular complexity index is 508. The third-order valence-electron chi connectivity index (χ3n) is 3.13. The number of aliphatic hydroxyl groups is 1. The summed E-state index contributed by atoms with van der Waals surface area (Å²) in [4.78, 5) is 0. The third-order valence-corrected chi connectivity index (χ3v) is 3.13. The van der Waals surface area contributed by atoms with Gasteiger partial charge in [0, 0.05) is 6.61 Å². The Morgan fingerprint density at radius 1 is 0.905 bits per heavy atom. The Morgan fingerprint density at radius 3 is 2.24 bits per heavy atom. The van der Waals surface area contributed by atoms with Crippen LogP contribution in [0.25, 0.3) is 0 Å². The summed E-state index contributed by atoms with van der Waals surface area (Å²) in [5.41, 5.74) is 2.53. The van der Waals surface area contributed by atoms with Gasteiger partial charge in [-0.15, -0.1) is 0 Å². The Hall–Kier alpha value is -1.84. The highest BCUT2D eigenvalue weighted by atomic mass is 16.5. The summed E-state index contributed by atoms with van der Waals surface area (Å²) in [6, 6.07) is 18.3. The van der Waals surface area contributed by atoms with Crippen LogP contribution in [0.5, 0.6) is 5.75 Å². The summed E-state index contributed by atoms with van der Waals surface area (Å²) in [6.07, 6.45) is 0.322. The molecule has 112 valence electrons. The average Bonchev–Trinajstić information content (AvgIpc) is 2.53. The lowest BCUT2D eigenvalue weighted by molar-refractivity contribution is 0.0164. The first-order chi connectivity index (χ1) is 10.3. The first kappa shape index (κ1) is 15.5. The van der Waals surface area contributed by atoms with Gasteiger partial charge in [-0.25, -0.2) is 0 Å². The number of hydrogen-bond donors (Lipinski definition) is 1. The van der Waals surface area contributed by atoms with Crippen LogP contribution in [0.15, 0.2) is 54.6 Å². The van der Waals surface area contributed by atoms with Gasteiger partial charge in [0.05, 0.1) is 6.61 Å². The van der Waals surface area contributed by atoms with Gasteiger partial charge in [-0.1, -0.05) is 42.5 Å². The minimum absolute atomic E-state index is 0.248. The predicted molar refractivity (Wildman–Crippen MR) is 83.7 cm³/mol. The molecule has 3 heteroatoms. The zero-order valence-corrected chi connectivity index (χ0v) is 12.4. The average molecular weight is 286 g/mol. The second kappa shape index (κ2) is 8.45. The Morgan fingerprint density at radius 2 is 1.57 bits per heavy atom. The van der Waals surface area contributed by atoms with Crippen molar-refractivity contribution in [3.05, 3.63) is 65.7 Å². The maximum Gasteiger partial charge on any atom is 0.119 e. The number of aliphatic hydroxyl groups excluding tert-OH is 1. The van der Waals surface area contributed by atoms with Crippen LogP contribution in [-0.2, 0) is 11.2 Å². The van der Waals surface area contributed by atoms with Gasteiger partial charge >= 0.3 is 0 Å². The minimum Gasteiger partial charge on any atom is -0.491 e. The van der Waals surface area contributed by atoms with Crippen molar-refractivity contribution in [2.24, 2.45) is 0 Å². The molecule has 0 fully saturated rings. The van der Waals surface area contributed by atoms with Gasteiger partial charge in [0.1, 0.15) is 18.5 Å². The highest BCUT2D eigenvalue weighted by Gasteiger charge is 2.05. The molecule has 1 N–H and O–H groups in total. The Labute approximate surface area is 126 Å².